The van der Waals surface area contributed by atoms with E-state index in [0.29, 0.717) is 0 Å². The maximum Gasteiger partial charge on any atom is 0.202 e. The van der Waals surface area contributed by atoms with Crippen LogP contribution in [0.25, 0.3) is 0 Å². The number of phenolic OH excluding ortho intramolecular Hbond substituents is 2. The summed E-state index contributed by atoms with van der Waals surface area (Å²) in [5.74, 6) is -3.18. The molecule has 1 aliphatic heterocycles. The average Bonchev–Trinajstić information content (AvgIpc) is 2.87. The Hall–Kier alpha value is -3.35. The normalized spacial score (nSPS) is 30.3. The van der Waals surface area contributed by atoms with Gasteiger partial charge in [-0.3, -0.25) is 14.4 Å². The molecule has 2 aromatic rings. The maximum atomic E-state index is 13.6. The lowest BCUT2D eigenvalue weighted by molar-refractivity contribution is -0.247. The molecule has 6 N–H and O–H groups in total. The van der Waals surface area contributed by atoms with Gasteiger partial charge in [0.25, 0.3) is 0 Å². The molecule has 0 saturated carbocycles. The molecule has 0 radical (unpaired) electrons. The quantitative estimate of drug-likeness (QED) is 0.305. The van der Waals surface area contributed by atoms with Crippen LogP contribution in [-0.2, 0) is 20.7 Å². The summed E-state index contributed by atoms with van der Waals surface area (Å²) in [5.41, 5.74) is 2.97. The zero-order chi connectivity index (χ0) is 27.7. The first-order valence-electron chi connectivity index (χ1n) is 12.2. The monoisotopic (exact) mass is 527 g/mol. The molecule has 1 fully saturated rings. The molecule has 0 aromatic heterocycles. The molecule has 2 aliphatic carbocycles. The van der Waals surface area contributed by atoms with Crippen LogP contribution >= 0.6 is 0 Å². The number of Topliss-reactive ketones (excluding diaryl/α,β-unsaturated/α-hetero) is 1. The summed E-state index contributed by atoms with van der Waals surface area (Å²) in [7, 11) is 1.34. The van der Waals surface area contributed by atoms with Crippen LogP contribution in [0.15, 0.2) is 18.2 Å². The second-order valence-corrected chi connectivity index (χ2v) is 10.1. The topological polar surface area (TPSA) is 186 Å². The van der Waals surface area contributed by atoms with Crippen LogP contribution < -0.4 is 10.5 Å². The van der Waals surface area contributed by atoms with Gasteiger partial charge in [0, 0.05) is 42.0 Å². The Kier molecular flexibility index (Phi) is 6.32. The molecule has 11 nitrogen and oxygen atoms in total. The summed E-state index contributed by atoms with van der Waals surface area (Å²) in [6.45, 7) is 2.79. The number of hydrogen-bond donors (Lipinski definition) is 5. The lowest BCUT2D eigenvalue weighted by Gasteiger charge is -2.42. The predicted octanol–water partition coefficient (Wildman–Crippen LogP) is 1.03. The number of rotatable bonds is 4. The van der Waals surface area contributed by atoms with E-state index in [-0.39, 0.29) is 40.8 Å². The van der Waals surface area contributed by atoms with Crippen LogP contribution in [0.3, 0.4) is 0 Å². The van der Waals surface area contributed by atoms with Gasteiger partial charge in [-0.2, -0.15) is 0 Å². The zero-order valence-corrected chi connectivity index (χ0v) is 21.1. The van der Waals surface area contributed by atoms with E-state index in [2.05, 4.69) is 0 Å². The fourth-order valence-corrected chi connectivity index (χ4v) is 5.66. The first-order chi connectivity index (χ1) is 17.9. The molecule has 0 bridgehead atoms. The molecule has 11 heteroatoms. The number of aromatic hydroxyl groups is 2. The van der Waals surface area contributed by atoms with Crippen LogP contribution in [0.2, 0.25) is 0 Å². The van der Waals surface area contributed by atoms with Crippen molar-refractivity contribution in [2.45, 2.75) is 69.4 Å². The molecule has 1 heterocycles. The molecule has 202 valence electrons. The van der Waals surface area contributed by atoms with Gasteiger partial charge >= 0.3 is 0 Å². The summed E-state index contributed by atoms with van der Waals surface area (Å²) < 4.78 is 17.1. The highest BCUT2D eigenvalue weighted by Gasteiger charge is 2.49. The first-order valence-corrected chi connectivity index (χ1v) is 12.2. The Morgan fingerprint density at radius 2 is 1.82 bits per heavy atom. The maximum absolute atomic E-state index is 13.6. The SMILES string of the molecule is COc1cccc2c1C(=O)c1c(O)c3c(c(O)c1C2=O)CC(O)(C(C)=O)C[C@@H]3O[C@H]1C[C@H](N)[C@H](O)[C@H](C)O1. The highest BCUT2D eigenvalue weighted by Crippen LogP contribution is 2.52. The van der Waals surface area contributed by atoms with Gasteiger partial charge in [-0.25, -0.2) is 0 Å². The van der Waals surface area contributed by atoms with Crippen LogP contribution in [0.4, 0.5) is 0 Å². The minimum Gasteiger partial charge on any atom is -0.507 e. The van der Waals surface area contributed by atoms with Crippen molar-refractivity contribution in [2.24, 2.45) is 5.73 Å². The summed E-state index contributed by atoms with van der Waals surface area (Å²) >= 11 is 0. The second-order valence-electron chi connectivity index (χ2n) is 10.1. The molecule has 3 aliphatic rings. The summed E-state index contributed by atoms with van der Waals surface area (Å²) in [6.07, 6.45) is -4.53. The average molecular weight is 528 g/mol. The van der Waals surface area contributed by atoms with Gasteiger partial charge < -0.3 is 40.4 Å². The van der Waals surface area contributed by atoms with Crippen molar-refractivity contribution in [3.63, 3.8) is 0 Å². The number of benzene rings is 2. The van der Waals surface area contributed by atoms with Gasteiger partial charge in [0.2, 0.25) is 5.78 Å². The number of carbonyl (C=O) groups excluding carboxylic acids is 3. The van der Waals surface area contributed by atoms with Gasteiger partial charge in [-0.05, 0) is 19.9 Å². The highest BCUT2D eigenvalue weighted by atomic mass is 16.7. The summed E-state index contributed by atoms with van der Waals surface area (Å²) in [4.78, 5) is 39.6. The van der Waals surface area contributed by atoms with Crippen LogP contribution in [0, 0.1) is 0 Å². The number of fused-ring (bicyclic) bond motifs is 3. The van der Waals surface area contributed by atoms with E-state index in [0.717, 1.165) is 0 Å². The number of phenols is 2. The van der Waals surface area contributed by atoms with E-state index in [1.165, 1.54) is 32.2 Å². The van der Waals surface area contributed by atoms with Crippen molar-refractivity contribution < 1.29 is 49.0 Å². The molecule has 0 spiro atoms. The third-order valence-corrected chi connectivity index (χ3v) is 7.80. The predicted molar refractivity (Wildman–Crippen MR) is 130 cm³/mol. The molecular formula is C27H29NO10. The van der Waals surface area contributed by atoms with Crippen molar-refractivity contribution in [3.8, 4) is 17.2 Å². The van der Waals surface area contributed by atoms with Crippen LogP contribution in [-0.4, -0.2) is 75.0 Å². The molecule has 6 atom stereocenters. The van der Waals surface area contributed by atoms with Crippen molar-refractivity contribution in [1.29, 1.82) is 0 Å². The number of ether oxygens (including phenoxy) is 3. The molecular weight excluding hydrogens is 498 g/mol. The van der Waals surface area contributed by atoms with E-state index in [1.807, 2.05) is 0 Å². The Morgan fingerprint density at radius 3 is 2.45 bits per heavy atom. The number of ketones is 3. The number of nitrogens with two attached hydrogens (primary N) is 1. The smallest absolute Gasteiger partial charge is 0.202 e. The number of methoxy groups -OCH3 is 1. The largest absolute Gasteiger partial charge is 0.507 e. The van der Waals surface area contributed by atoms with E-state index < -0.39 is 82.6 Å². The fourth-order valence-electron chi connectivity index (χ4n) is 5.66. The number of hydrogen-bond acceptors (Lipinski definition) is 11. The second kappa shape index (κ2) is 9.14. The van der Waals surface area contributed by atoms with Gasteiger partial charge in [-0.15, -0.1) is 0 Å². The third kappa shape index (κ3) is 3.81. The standard InChI is InChI=1S/C27H29NO10/c1-10-22(30)14(28)7-17(37-10)38-16-9-27(35,11(2)29)8-13-19(16)26(34)21-20(24(13)32)23(31)12-5-4-6-15(36-3)18(12)25(21)33/h4-6,10,14,16-17,22,30,32,34-35H,7-9,28H2,1-3H3/t10-,14-,16-,17-,22+,27?/m0/s1. The number of carbonyl (C=O) groups is 3. The number of aliphatic hydroxyl groups is 2. The van der Waals surface area contributed by atoms with E-state index >= 15 is 0 Å². The van der Waals surface area contributed by atoms with Crippen molar-refractivity contribution in [2.75, 3.05) is 7.11 Å². The first kappa shape index (κ1) is 26.3. The van der Waals surface area contributed by atoms with E-state index in [9.17, 15) is 34.8 Å². The molecule has 1 saturated heterocycles. The van der Waals surface area contributed by atoms with Gasteiger partial charge in [0.1, 0.15) is 22.8 Å². The minimum atomic E-state index is -2.00. The third-order valence-electron chi connectivity index (χ3n) is 7.80. The van der Waals surface area contributed by atoms with Gasteiger partial charge in [-0.1, -0.05) is 12.1 Å². The van der Waals surface area contributed by atoms with E-state index in [1.54, 1.807) is 6.92 Å². The minimum absolute atomic E-state index is 0.0147. The Bertz CT molecular complexity index is 1360. The summed E-state index contributed by atoms with van der Waals surface area (Å²) in [6, 6.07) is 3.75. The van der Waals surface area contributed by atoms with Crippen molar-refractivity contribution in [3.05, 3.63) is 51.6 Å². The highest BCUT2D eigenvalue weighted by molar-refractivity contribution is 6.31. The van der Waals surface area contributed by atoms with Crippen molar-refractivity contribution in [1.82, 2.24) is 0 Å². The Morgan fingerprint density at radius 1 is 1.13 bits per heavy atom. The number of aliphatic hydroxyl groups excluding tert-OH is 1. The molecule has 5 rings (SSSR count). The van der Waals surface area contributed by atoms with Gasteiger partial charge in [0.15, 0.2) is 17.9 Å². The molecule has 2 aromatic carbocycles. The lowest BCUT2D eigenvalue weighted by atomic mass is 9.72. The van der Waals surface area contributed by atoms with E-state index in [4.69, 9.17) is 19.9 Å². The fraction of sp³-hybridized carbons (Fsp3) is 0.444. The zero-order valence-electron chi connectivity index (χ0n) is 21.1. The molecule has 38 heavy (non-hydrogen) atoms. The van der Waals surface area contributed by atoms with Crippen molar-refractivity contribution >= 4 is 17.3 Å². The Labute approximate surface area is 217 Å². The molecule has 1 unspecified atom stereocenters. The van der Waals surface area contributed by atoms with Crippen LogP contribution in [0.1, 0.15) is 75.8 Å². The lowest BCUT2D eigenvalue weighted by Crippen LogP contribution is -2.52. The van der Waals surface area contributed by atoms with Crippen LogP contribution in [0.5, 0.6) is 17.2 Å². The summed E-state index contributed by atoms with van der Waals surface area (Å²) in [5, 5.41) is 44.1. The molecule has 0 amide bonds. The van der Waals surface area contributed by atoms with Gasteiger partial charge in [0.05, 0.1) is 42.1 Å². The Balaban J connectivity index is 1.68.